The Morgan fingerprint density at radius 2 is 1.96 bits per heavy atom. The minimum Gasteiger partial charge on any atom is -0.396 e. The number of nitrogens with zero attached hydrogens (tertiary/aromatic N) is 4. The molecular formula is C14H20N6O5S. The van der Waals surface area contributed by atoms with Crippen LogP contribution in [0.1, 0.15) is 25.3 Å². The molecule has 26 heavy (non-hydrogen) atoms. The minimum atomic E-state index is -4.67. The monoisotopic (exact) mass is 384 g/mol. The molecule has 142 valence electrons. The van der Waals surface area contributed by atoms with E-state index in [9.17, 15) is 5.11 Å². The molecule has 0 radical (unpaired) electrons. The highest BCUT2D eigenvalue weighted by Gasteiger charge is 2.26. The van der Waals surface area contributed by atoms with E-state index in [-0.39, 0.29) is 24.5 Å². The maximum absolute atomic E-state index is 9.26. The number of anilines is 2. The molecule has 0 unspecified atom stereocenters. The first-order valence-corrected chi connectivity index (χ1v) is 9.40. The van der Waals surface area contributed by atoms with Gasteiger partial charge in [0.1, 0.15) is 0 Å². The summed E-state index contributed by atoms with van der Waals surface area (Å²) in [4.78, 5) is 13.1. The molecule has 2 aliphatic rings. The lowest BCUT2D eigenvalue weighted by molar-refractivity contribution is 0.244. The summed E-state index contributed by atoms with van der Waals surface area (Å²) in [5, 5.41) is 12.6. The van der Waals surface area contributed by atoms with E-state index >= 15 is 0 Å². The molecule has 1 saturated carbocycles. The molecule has 0 saturated heterocycles. The smallest absolute Gasteiger partial charge is 0.394 e. The Bertz CT molecular complexity index is 915. The molecule has 4 rings (SSSR count). The maximum atomic E-state index is 9.26. The minimum absolute atomic E-state index is 0.162. The number of aromatic nitrogens is 4. The van der Waals surface area contributed by atoms with Gasteiger partial charge in [-0.05, 0) is 19.3 Å². The van der Waals surface area contributed by atoms with Crippen LogP contribution < -0.4 is 11.1 Å². The van der Waals surface area contributed by atoms with Gasteiger partial charge in [-0.15, -0.1) is 0 Å². The summed E-state index contributed by atoms with van der Waals surface area (Å²) < 4.78 is 33.6. The highest BCUT2D eigenvalue weighted by atomic mass is 32.3. The van der Waals surface area contributed by atoms with Crippen molar-refractivity contribution in [2.45, 2.75) is 31.3 Å². The Hall–Kier alpha value is -2.28. The van der Waals surface area contributed by atoms with Gasteiger partial charge in [0.15, 0.2) is 17.0 Å². The zero-order valence-electron chi connectivity index (χ0n) is 13.7. The van der Waals surface area contributed by atoms with E-state index in [0.717, 1.165) is 36.2 Å². The Balaban J connectivity index is 0.000000349. The van der Waals surface area contributed by atoms with E-state index in [1.165, 1.54) is 0 Å². The molecule has 2 aromatic heterocycles. The van der Waals surface area contributed by atoms with Crippen LogP contribution in [-0.2, 0) is 10.4 Å². The third-order valence-electron chi connectivity index (χ3n) is 4.10. The number of nitrogens with one attached hydrogen (secondary N) is 1. The summed E-state index contributed by atoms with van der Waals surface area (Å²) in [5.74, 6) is 1.18. The van der Waals surface area contributed by atoms with Crippen LogP contribution in [0, 0.1) is 5.92 Å². The van der Waals surface area contributed by atoms with Crippen molar-refractivity contribution in [3.63, 3.8) is 0 Å². The molecule has 2 aromatic rings. The Morgan fingerprint density at radius 3 is 2.54 bits per heavy atom. The number of rotatable bonds is 4. The second-order valence-corrected chi connectivity index (χ2v) is 7.15. The zero-order valence-corrected chi connectivity index (χ0v) is 14.5. The van der Waals surface area contributed by atoms with E-state index in [2.05, 4.69) is 26.3 Å². The molecule has 2 aliphatic carbocycles. The molecule has 0 aromatic carbocycles. The van der Waals surface area contributed by atoms with Crippen LogP contribution in [0.2, 0.25) is 0 Å². The third-order valence-corrected chi connectivity index (χ3v) is 4.10. The fraction of sp³-hybridized carbons (Fsp3) is 0.500. The average molecular weight is 384 g/mol. The van der Waals surface area contributed by atoms with Gasteiger partial charge in [0.25, 0.3) is 0 Å². The van der Waals surface area contributed by atoms with Gasteiger partial charge in [-0.3, -0.25) is 9.11 Å². The number of fused-ring (bicyclic) bond motifs is 1. The van der Waals surface area contributed by atoms with Crippen molar-refractivity contribution in [2.75, 3.05) is 17.7 Å². The largest absolute Gasteiger partial charge is 0.396 e. The van der Waals surface area contributed by atoms with Crippen LogP contribution in [0.25, 0.3) is 11.2 Å². The van der Waals surface area contributed by atoms with Crippen LogP contribution in [-0.4, -0.2) is 54.8 Å². The zero-order chi connectivity index (χ0) is 18.9. The molecule has 0 spiro atoms. The van der Waals surface area contributed by atoms with Gasteiger partial charge in [-0.25, -0.2) is 4.98 Å². The Labute approximate surface area is 149 Å². The molecule has 12 heteroatoms. The molecular weight excluding hydrogens is 364 g/mol. The van der Waals surface area contributed by atoms with Crippen molar-refractivity contribution in [3.8, 4) is 0 Å². The molecule has 0 bridgehead atoms. The summed E-state index contributed by atoms with van der Waals surface area (Å²) >= 11 is 0. The summed E-state index contributed by atoms with van der Waals surface area (Å²) in [7, 11) is -4.67. The van der Waals surface area contributed by atoms with Gasteiger partial charge in [0.2, 0.25) is 5.95 Å². The summed E-state index contributed by atoms with van der Waals surface area (Å²) in [6, 6.07) is 0.646. The van der Waals surface area contributed by atoms with E-state index in [1.54, 1.807) is 6.33 Å². The first kappa shape index (κ1) is 18.5. The molecule has 6 N–H and O–H groups in total. The van der Waals surface area contributed by atoms with Crippen LogP contribution in [0.3, 0.4) is 0 Å². The fourth-order valence-electron chi connectivity index (χ4n) is 2.79. The summed E-state index contributed by atoms with van der Waals surface area (Å²) in [6.07, 6.45) is 9.10. The second kappa shape index (κ2) is 7.15. The molecule has 0 amide bonds. The molecule has 2 atom stereocenters. The standard InChI is InChI=1S/C14H18N6O.H2O4S/c15-14-18-12(17-9-2-3-9)11-13(19-14)20(7-16-11)10-4-1-8(5-10)6-21;1-5(2,3)4/h1,4,7-10,21H,2-3,5-6H2,(H3,15,17,18,19);(H2,1,2,3,4)/t8-,10+;/m1./s1. The van der Waals surface area contributed by atoms with Gasteiger partial charge in [0, 0.05) is 18.6 Å². The van der Waals surface area contributed by atoms with Gasteiger partial charge in [-0.2, -0.15) is 18.4 Å². The third kappa shape index (κ3) is 4.66. The van der Waals surface area contributed by atoms with Crippen molar-refractivity contribution in [1.29, 1.82) is 0 Å². The molecule has 2 heterocycles. The quantitative estimate of drug-likeness (QED) is 0.367. The van der Waals surface area contributed by atoms with Crippen molar-refractivity contribution in [3.05, 3.63) is 18.5 Å². The Morgan fingerprint density at radius 1 is 1.27 bits per heavy atom. The topological polar surface area (TPSA) is 176 Å². The van der Waals surface area contributed by atoms with Crippen LogP contribution in [0.5, 0.6) is 0 Å². The van der Waals surface area contributed by atoms with Crippen LogP contribution in [0.4, 0.5) is 11.8 Å². The number of nitrogens with two attached hydrogens (primary N) is 1. The van der Waals surface area contributed by atoms with Crippen molar-refractivity contribution in [1.82, 2.24) is 19.5 Å². The number of imidazole rings is 1. The molecule has 0 aliphatic heterocycles. The number of hydrogen-bond acceptors (Lipinski definition) is 8. The van der Waals surface area contributed by atoms with Crippen molar-refractivity contribution < 1.29 is 22.6 Å². The van der Waals surface area contributed by atoms with E-state index in [0.29, 0.717) is 6.04 Å². The van der Waals surface area contributed by atoms with Gasteiger partial charge in [0.05, 0.1) is 12.4 Å². The van der Waals surface area contributed by atoms with E-state index < -0.39 is 10.4 Å². The van der Waals surface area contributed by atoms with Crippen LogP contribution >= 0.6 is 0 Å². The number of aliphatic hydroxyl groups is 1. The number of hydrogen-bond donors (Lipinski definition) is 5. The fourth-order valence-corrected chi connectivity index (χ4v) is 2.79. The lowest BCUT2D eigenvalue weighted by Gasteiger charge is -2.13. The van der Waals surface area contributed by atoms with Crippen molar-refractivity contribution >= 4 is 33.3 Å². The van der Waals surface area contributed by atoms with Gasteiger partial charge < -0.3 is 20.7 Å². The highest BCUT2D eigenvalue weighted by molar-refractivity contribution is 7.79. The Kier molecular flexibility index (Phi) is 5.09. The first-order valence-electron chi connectivity index (χ1n) is 8.00. The summed E-state index contributed by atoms with van der Waals surface area (Å²) in [6.45, 7) is 0.172. The first-order chi connectivity index (χ1) is 12.2. The highest BCUT2D eigenvalue weighted by Crippen LogP contribution is 2.32. The van der Waals surface area contributed by atoms with E-state index in [1.807, 2.05) is 10.6 Å². The SMILES string of the molecule is Nc1nc(NC2CC2)c2ncn([C@H]3C=C[C@@H](CO)C3)c2n1.O=S(=O)(O)O. The normalized spacial score (nSPS) is 22.3. The lowest BCUT2D eigenvalue weighted by atomic mass is 10.1. The van der Waals surface area contributed by atoms with Gasteiger partial charge in [-0.1, -0.05) is 12.2 Å². The predicted molar refractivity (Wildman–Crippen MR) is 93.9 cm³/mol. The van der Waals surface area contributed by atoms with Crippen LogP contribution in [0.15, 0.2) is 18.5 Å². The molecule has 11 nitrogen and oxygen atoms in total. The number of allylic oxidation sites excluding steroid dienone is 1. The predicted octanol–water partition coefficient (Wildman–Crippen LogP) is 0.440. The maximum Gasteiger partial charge on any atom is 0.394 e. The number of aliphatic hydroxyl groups excluding tert-OH is 1. The van der Waals surface area contributed by atoms with Gasteiger partial charge >= 0.3 is 10.4 Å². The van der Waals surface area contributed by atoms with E-state index in [4.69, 9.17) is 23.3 Å². The van der Waals surface area contributed by atoms with Crippen molar-refractivity contribution in [2.24, 2.45) is 5.92 Å². The lowest BCUT2D eigenvalue weighted by Crippen LogP contribution is -2.10. The second-order valence-electron chi connectivity index (χ2n) is 6.25. The summed E-state index contributed by atoms with van der Waals surface area (Å²) in [5.41, 5.74) is 7.35. The average Bonchev–Trinajstić information content (AvgIpc) is 3.07. The molecule has 1 fully saturated rings. The number of nitrogen functional groups attached to an aromatic ring is 1.